The molecule has 0 spiro atoms. The SMILES string of the molecule is O=C(N/N=C/c1ccc(OCc2ccc(Cl)cc2)c(Br)c1)c1ccccc1Br. The van der Waals surface area contributed by atoms with Gasteiger partial charge in [0.05, 0.1) is 16.3 Å². The molecule has 0 atom stereocenters. The number of amides is 1. The van der Waals surface area contributed by atoms with Gasteiger partial charge in [-0.3, -0.25) is 4.79 Å². The first-order chi connectivity index (χ1) is 13.5. The van der Waals surface area contributed by atoms with Gasteiger partial charge in [-0.2, -0.15) is 5.10 Å². The predicted octanol–water partition coefficient (Wildman–Crippen LogP) is 6.21. The molecule has 1 N–H and O–H groups in total. The minimum absolute atomic E-state index is 0.286. The number of halogens is 3. The quantitative estimate of drug-likeness (QED) is 0.309. The van der Waals surface area contributed by atoms with Gasteiger partial charge in [0.25, 0.3) is 5.91 Å². The van der Waals surface area contributed by atoms with Crippen LogP contribution in [-0.4, -0.2) is 12.1 Å². The van der Waals surface area contributed by atoms with Gasteiger partial charge in [-0.25, -0.2) is 5.43 Å². The van der Waals surface area contributed by atoms with Gasteiger partial charge in [0.15, 0.2) is 0 Å². The molecule has 0 aliphatic carbocycles. The van der Waals surface area contributed by atoms with Crippen LogP contribution in [0.3, 0.4) is 0 Å². The van der Waals surface area contributed by atoms with E-state index in [-0.39, 0.29) is 5.91 Å². The van der Waals surface area contributed by atoms with Crippen molar-refractivity contribution in [3.05, 3.63) is 97.4 Å². The zero-order valence-electron chi connectivity index (χ0n) is 14.5. The Morgan fingerprint density at radius 3 is 2.50 bits per heavy atom. The molecule has 0 fully saturated rings. The van der Waals surface area contributed by atoms with E-state index in [1.165, 1.54) is 0 Å². The van der Waals surface area contributed by atoms with Crippen LogP contribution in [0.5, 0.6) is 5.75 Å². The summed E-state index contributed by atoms with van der Waals surface area (Å²) in [4.78, 5) is 12.1. The minimum Gasteiger partial charge on any atom is -0.488 e. The van der Waals surface area contributed by atoms with Crippen molar-refractivity contribution in [3.63, 3.8) is 0 Å². The molecule has 0 saturated carbocycles. The van der Waals surface area contributed by atoms with Crippen molar-refractivity contribution in [1.29, 1.82) is 0 Å². The first-order valence-corrected chi connectivity index (χ1v) is 10.2. The number of nitrogens with one attached hydrogen (secondary N) is 1. The Hall–Kier alpha value is -2.15. The highest BCUT2D eigenvalue weighted by Gasteiger charge is 2.07. The third kappa shape index (κ3) is 5.67. The predicted molar refractivity (Wildman–Crippen MR) is 119 cm³/mol. The number of ether oxygens (including phenoxy) is 1. The van der Waals surface area contributed by atoms with Gasteiger partial charge in [0.1, 0.15) is 12.4 Å². The van der Waals surface area contributed by atoms with Gasteiger partial charge in [0.2, 0.25) is 0 Å². The van der Waals surface area contributed by atoms with E-state index in [9.17, 15) is 4.79 Å². The number of nitrogens with zero attached hydrogens (tertiary/aromatic N) is 1. The van der Waals surface area contributed by atoms with Crippen molar-refractivity contribution in [2.24, 2.45) is 5.10 Å². The third-order valence-electron chi connectivity index (χ3n) is 3.76. The fourth-order valence-electron chi connectivity index (χ4n) is 2.33. The molecule has 7 heteroatoms. The van der Waals surface area contributed by atoms with E-state index in [2.05, 4.69) is 42.4 Å². The molecule has 3 aromatic carbocycles. The summed E-state index contributed by atoms with van der Waals surface area (Å²) in [6, 6.07) is 20.2. The smallest absolute Gasteiger partial charge is 0.272 e. The summed E-state index contributed by atoms with van der Waals surface area (Å²) in [6.45, 7) is 0.436. The molecule has 1 amide bonds. The Balaban J connectivity index is 1.59. The van der Waals surface area contributed by atoms with Gasteiger partial charge >= 0.3 is 0 Å². The third-order valence-corrected chi connectivity index (χ3v) is 5.32. The lowest BCUT2D eigenvalue weighted by Crippen LogP contribution is -2.18. The first-order valence-electron chi connectivity index (χ1n) is 8.27. The molecule has 0 unspecified atom stereocenters. The molecule has 0 aliphatic rings. The second kappa shape index (κ2) is 9.87. The molecule has 0 bridgehead atoms. The van der Waals surface area contributed by atoms with Crippen LogP contribution in [0.2, 0.25) is 5.02 Å². The fourth-order valence-corrected chi connectivity index (χ4v) is 3.43. The Kier molecular flexibility index (Phi) is 7.25. The van der Waals surface area contributed by atoms with Crippen molar-refractivity contribution >= 4 is 55.6 Å². The van der Waals surface area contributed by atoms with Gasteiger partial charge in [0, 0.05) is 9.50 Å². The Labute approximate surface area is 184 Å². The van der Waals surface area contributed by atoms with Crippen LogP contribution in [0.15, 0.2) is 80.8 Å². The highest BCUT2D eigenvalue weighted by Crippen LogP contribution is 2.26. The van der Waals surface area contributed by atoms with Gasteiger partial charge in [-0.05, 0) is 85.5 Å². The summed E-state index contributed by atoms with van der Waals surface area (Å²) < 4.78 is 7.33. The normalized spacial score (nSPS) is 10.8. The Morgan fingerprint density at radius 1 is 1.04 bits per heavy atom. The number of hydrogen-bond donors (Lipinski definition) is 1. The van der Waals surface area contributed by atoms with Crippen molar-refractivity contribution in [2.75, 3.05) is 0 Å². The molecular formula is C21H15Br2ClN2O2. The monoisotopic (exact) mass is 520 g/mol. The number of benzene rings is 3. The zero-order valence-corrected chi connectivity index (χ0v) is 18.5. The van der Waals surface area contributed by atoms with Crippen LogP contribution in [-0.2, 0) is 6.61 Å². The Morgan fingerprint density at radius 2 is 1.79 bits per heavy atom. The maximum absolute atomic E-state index is 12.1. The van der Waals surface area contributed by atoms with E-state index in [4.69, 9.17) is 16.3 Å². The standard InChI is InChI=1S/C21H15Br2ClN2O2/c22-18-4-2-1-3-17(18)21(27)26-25-12-15-7-10-20(19(23)11-15)28-13-14-5-8-16(24)9-6-14/h1-12H,13H2,(H,26,27)/b25-12+. The number of carbonyl (C=O) groups excluding carboxylic acids is 1. The lowest BCUT2D eigenvalue weighted by atomic mass is 10.2. The zero-order chi connectivity index (χ0) is 19.9. The summed E-state index contributed by atoms with van der Waals surface area (Å²) in [5, 5.41) is 4.71. The largest absolute Gasteiger partial charge is 0.488 e. The molecule has 28 heavy (non-hydrogen) atoms. The van der Waals surface area contributed by atoms with Crippen LogP contribution in [0, 0.1) is 0 Å². The molecule has 0 radical (unpaired) electrons. The molecule has 4 nitrogen and oxygen atoms in total. The number of hydrogen-bond acceptors (Lipinski definition) is 3. The molecule has 3 aromatic rings. The first kappa shape index (κ1) is 20.6. The molecular weight excluding hydrogens is 508 g/mol. The van der Waals surface area contributed by atoms with Gasteiger partial charge < -0.3 is 4.74 Å². The van der Waals surface area contributed by atoms with Crippen LogP contribution in [0.25, 0.3) is 0 Å². The van der Waals surface area contributed by atoms with Crippen LogP contribution >= 0.6 is 43.5 Å². The van der Waals surface area contributed by atoms with E-state index in [0.29, 0.717) is 27.4 Å². The lowest BCUT2D eigenvalue weighted by molar-refractivity contribution is 0.0954. The number of rotatable bonds is 6. The summed E-state index contributed by atoms with van der Waals surface area (Å²) in [5.74, 6) is 0.426. The maximum atomic E-state index is 12.1. The van der Waals surface area contributed by atoms with Crippen molar-refractivity contribution in [1.82, 2.24) is 5.43 Å². The van der Waals surface area contributed by atoms with Crippen molar-refractivity contribution < 1.29 is 9.53 Å². The van der Waals surface area contributed by atoms with Crippen LogP contribution in [0.1, 0.15) is 21.5 Å². The summed E-state index contributed by atoms with van der Waals surface area (Å²) in [7, 11) is 0. The average Bonchev–Trinajstić information content (AvgIpc) is 2.69. The van der Waals surface area contributed by atoms with E-state index >= 15 is 0 Å². The highest BCUT2D eigenvalue weighted by atomic mass is 79.9. The molecule has 0 saturated heterocycles. The molecule has 3 rings (SSSR count). The van der Waals surface area contributed by atoms with Crippen LogP contribution < -0.4 is 10.2 Å². The molecule has 0 heterocycles. The van der Waals surface area contributed by atoms with E-state index < -0.39 is 0 Å². The number of carbonyl (C=O) groups is 1. The summed E-state index contributed by atoms with van der Waals surface area (Å²) >= 11 is 12.7. The molecule has 0 aromatic heterocycles. The Bertz CT molecular complexity index is 1010. The summed E-state index contributed by atoms with van der Waals surface area (Å²) in [6.07, 6.45) is 1.57. The molecule has 0 aliphatic heterocycles. The van der Waals surface area contributed by atoms with E-state index in [1.54, 1.807) is 24.4 Å². The topological polar surface area (TPSA) is 50.7 Å². The van der Waals surface area contributed by atoms with Gasteiger partial charge in [-0.1, -0.05) is 35.9 Å². The van der Waals surface area contributed by atoms with Crippen molar-refractivity contribution in [2.45, 2.75) is 6.61 Å². The van der Waals surface area contributed by atoms with Crippen molar-refractivity contribution in [3.8, 4) is 5.75 Å². The van der Waals surface area contributed by atoms with E-state index in [0.717, 1.165) is 15.6 Å². The summed E-state index contributed by atoms with van der Waals surface area (Å²) in [5.41, 5.74) is 4.88. The van der Waals surface area contributed by atoms with Gasteiger partial charge in [-0.15, -0.1) is 0 Å². The average molecular weight is 523 g/mol. The second-order valence-corrected chi connectivity index (χ2v) is 7.93. The molecule has 142 valence electrons. The lowest BCUT2D eigenvalue weighted by Gasteiger charge is -2.09. The minimum atomic E-state index is -0.286. The fraction of sp³-hybridized carbons (Fsp3) is 0.0476. The van der Waals surface area contributed by atoms with E-state index in [1.807, 2.05) is 48.5 Å². The van der Waals surface area contributed by atoms with Crippen LogP contribution in [0.4, 0.5) is 0 Å². The highest BCUT2D eigenvalue weighted by molar-refractivity contribution is 9.10. The second-order valence-electron chi connectivity index (χ2n) is 5.78. The number of hydrazone groups is 1. The maximum Gasteiger partial charge on any atom is 0.272 e.